The van der Waals surface area contributed by atoms with Crippen LogP contribution in [-0.4, -0.2) is 21.2 Å². The minimum Gasteiger partial charge on any atom is -0.506 e. The maximum Gasteiger partial charge on any atom is 0.353 e. The summed E-state index contributed by atoms with van der Waals surface area (Å²) in [4.78, 5) is 24.1. The van der Waals surface area contributed by atoms with Gasteiger partial charge in [-0.15, -0.1) is 10.2 Å². The monoisotopic (exact) mass is 373 g/mol. The van der Waals surface area contributed by atoms with Gasteiger partial charge in [-0.3, -0.25) is 10.1 Å². The summed E-state index contributed by atoms with van der Waals surface area (Å²) in [5.41, 5.74) is -1.76. The van der Waals surface area contributed by atoms with Gasteiger partial charge >= 0.3 is 5.63 Å². The van der Waals surface area contributed by atoms with Crippen LogP contribution >= 0.6 is 22.9 Å². The van der Waals surface area contributed by atoms with E-state index >= 15 is 0 Å². The van der Waals surface area contributed by atoms with Gasteiger partial charge in [-0.25, -0.2) is 13.6 Å². The lowest BCUT2D eigenvalue weighted by atomic mass is 10.1. The fourth-order valence-corrected chi connectivity index (χ4v) is 2.66. The number of fused-ring (bicyclic) bond motifs is 1. The van der Waals surface area contributed by atoms with Gasteiger partial charge in [0.15, 0.2) is 10.6 Å². The van der Waals surface area contributed by atoms with Crippen molar-refractivity contribution in [1.29, 1.82) is 0 Å². The number of hydrogen-bond donors (Lipinski definition) is 2. The highest BCUT2D eigenvalue weighted by Gasteiger charge is 2.23. The van der Waals surface area contributed by atoms with E-state index in [1.165, 1.54) is 18.2 Å². The van der Waals surface area contributed by atoms with Crippen molar-refractivity contribution in [3.05, 3.63) is 44.2 Å². The zero-order valence-electron chi connectivity index (χ0n) is 11.4. The van der Waals surface area contributed by atoms with Crippen LogP contribution in [0.25, 0.3) is 11.0 Å². The highest BCUT2D eigenvalue weighted by molar-refractivity contribution is 7.15. The first-order chi connectivity index (χ1) is 11.4. The number of halogens is 3. The van der Waals surface area contributed by atoms with E-state index in [1.807, 2.05) is 0 Å². The molecule has 0 saturated heterocycles. The molecule has 0 fully saturated rings. The molecule has 2 aromatic heterocycles. The summed E-state index contributed by atoms with van der Waals surface area (Å²) in [5.74, 6) is -1.71. The summed E-state index contributed by atoms with van der Waals surface area (Å²) in [6, 6.07) is 4.12. The minimum absolute atomic E-state index is 0.0364. The van der Waals surface area contributed by atoms with E-state index < -0.39 is 34.3 Å². The molecule has 1 amide bonds. The number of amides is 1. The summed E-state index contributed by atoms with van der Waals surface area (Å²) >= 11 is 6.25. The lowest BCUT2D eigenvalue weighted by molar-refractivity contribution is 0.102. The molecule has 7 nitrogen and oxygen atoms in total. The molecule has 2 heterocycles. The van der Waals surface area contributed by atoms with Crippen LogP contribution in [0.4, 0.5) is 13.9 Å². The summed E-state index contributed by atoms with van der Waals surface area (Å²) < 4.78 is 29.9. The van der Waals surface area contributed by atoms with Crippen LogP contribution in [0.2, 0.25) is 5.02 Å². The Balaban J connectivity index is 2.01. The van der Waals surface area contributed by atoms with E-state index in [0.717, 1.165) is 0 Å². The second-order valence-corrected chi connectivity index (χ2v) is 5.90. The SMILES string of the molecule is O=C(Nc1nnc(C(F)F)s1)c1c(O)c2cc(Cl)ccc2oc1=O. The van der Waals surface area contributed by atoms with Crippen LogP contribution in [0.15, 0.2) is 27.4 Å². The molecule has 0 bridgehead atoms. The first-order valence-corrected chi connectivity index (χ1v) is 7.44. The number of alkyl halides is 2. The van der Waals surface area contributed by atoms with Crippen LogP contribution in [0.5, 0.6) is 5.75 Å². The molecule has 11 heteroatoms. The van der Waals surface area contributed by atoms with E-state index in [4.69, 9.17) is 16.0 Å². The van der Waals surface area contributed by atoms with Gasteiger partial charge in [0.05, 0.1) is 5.39 Å². The summed E-state index contributed by atoms with van der Waals surface area (Å²) in [6.07, 6.45) is -2.84. The Kier molecular flexibility index (Phi) is 4.16. The van der Waals surface area contributed by atoms with Crippen molar-refractivity contribution >= 4 is 44.9 Å². The van der Waals surface area contributed by atoms with Crippen molar-refractivity contribution in [2.45, 2.75) is 6.43 Å². The number of rotatable bonds is 3. The molecule has 24 heavy (non-hydrogen) atoms. The number of aromatic nitrogens is 2. The van der Waals surface area contributed by atoms with Crippen molar-refractivity contribution in [1.82, 2.24) is 10.2 Å². The quantitative estimate of drug-likeness (QED) is 0.683. The second-order valence-electron chi connectivity index (χ2n) is 4.45. The summed E-state index contributed by atoms with van der Waals surface area (Å²) in [6.45, 7) is 0. The average Bonchev–Trinajstić information content (AvgIpc) is 2.97. The molecule has 0 aliphatic carbocycles. The third kappa shape index (κ3) is 2.93. The summed E-state index contributed by atoms with van der Waals surface area (Å²) in [7, 11) is 0. The lowest BCUT2D eigenvalue weighted by Crippen LogP contribution is -2.21. The zero-order chi connectivity index (χ0) is 17.4. The molecule has 0 aliphatic rings. The predicted molar refractivity (Wildman–Crippen MR) is 82.0 cm³/mol. The maximum absolute atomic E-state index is 12.5. The normalized spacial score (nSPS) is 11.2. The van der Waals surface area contributed by atoms with Gasteiger partial charge in [-0.05, 0) is 18.2 Å². The number of carbonyl (C=O) groups is 1. The molecule has 0 radical (unpaired) electrons. The topological polar surface area (TPSA) is 105 Å². The molecule has 3 aromatic rings. The van der Waals surface area contributed by atoms with Crippen molar-refractivity contribution < 1.29 is 23.1 Å². The zero-order valence-corrected chi connectivity index (χ0v) is 13.0. The third-order valence-electron chi connectivity index (χ3n) is 2.92. The Bertz CT molecular complexity index is 1000. The van der Waals surface area contributed by atoms with Gasteiger partial charge in [0, 0.05) is 5.02 Å². The van der Waals surface area contributed by atoms with E-state index in [2.05, 4.69) is 15.5 Å². The van der Waals surface area contributed by atoms with Gasteiger partial charge in [-0.2, -0.15) is 0 Å². The molecular formula is C13H6ClF2N3O4S. The number of aromatic hydroxyl groups is 1. The van der Waals surface area contributed by atoms with E-state index in [0.29, 0.717) is 11.3 Å². The minimum atomic E-state index is -2.84. The van der Waals surface area contributed by atoms with E-state index in [1.54, 1.807) is 0 Å². The molecule has 0 unspecified atom stereocenters. The number of nitrogens with one attached hydrogen (secondary N) is 1. The highest BCUT2D eigenvalue weighted by atomic mass is 35.5. The molecule has 1 aromatic carbocycles. The van der Waals surface area contributed by atoms with Gasteiger partial charge < -0.3 is 9.52 Å². The maximum atomic E-state index is 12.5. The van der Waals surface area contributed by atoms with Gasteiger partial charge in [0.25, 0.3) is 12.3 Å². The van der Waals surface area contributed by atoms with Crippen LogP contribution in [0, 0.1) is 0 Å². The first kappa shape index (κ1) is 16.3. The molecule has 124 valence electrons. The molecule has 0 spiro atoms. The Morgan fingerprint density at radius 3 is 2.79 bits per heavy atom. The van der Waals surface area contributed by atoms with Crippen LogP contribution in [-0.2, 0) is 0 Å². The van der Waals surface area contributed by atoms with Gasteiger partial charge in [0.2, 0.25) is 5.13 Å². The molecular weight excluding hydrogens is 368 g/mol. The van der Waals surface area contributed by atoms with Gasteiger partial charge in [0.1, 0.15) is 11.3 Å². The average molecular weight is 374 g/mol. The molecule has 0 atom stereocenters. The molecule has 2 N–H and O–H groups in total. The van der Waals surface area contributed by atoms with Crippen LogP contribution < -0.4 is 10.9 Å². The number of nitrogens with zero attached hydrogens (tertiary/aromatic N) is 2. The van der Waals surface area contributed by atoms with Crippen LogP contribution in [0.1, 0.15) is 21.8 Å². The third-order valence-corrected chi connectivity index (χ3v) is 4.00. The van der Waals surface area contributed by atoms with Crippen molar-refractivity contribution in [2.24, 2.45) is 0 Å². The van der Waals surface area contributed by atoms with Crippen molar-refractivity contribution in [3.63, 3.8) is 0 Å². The Labute approximate surface area is 140 Å². The van der Waals surface area contributed by atoms with E-state index in [9.17, 15) is 23.5 Å². The number of hydrogen-bond acceptors (Lipinski definition) is 7. The fraction of sp³-hybridized carbons (Fsp3) is 0.0769. The van der Waals surface area contributed by atoms with Crippen molar-refractivity contribution in [2.75, 3.05) is 5.32 Å². The number of carbonyl (C=O) groups excluding carboxylic acids is 1. The first-order valence-electron chi connectivity index (χ1n) is 6.25. The Hall–Kier alpha value is -2.59. The largest absolute Gasteiger partial charge is 0.506 e. The Morgan fingerprint density at radius 2 is 2.12 bits per heavy atom. The number of anilines is 1. The highest BCUT2D eigenvalue weighted by Crippen LogP contribution is 2.30. The Morgan fingerprint density at radius 1 is 1.38 bits per heavy atom. The second kappa shape index (κ2) is 6.13. The summed E-state index contributed by atoms with van der Waals surface area (Å²) in [5, 5.41) is 18.3. The number of benzene rings is 1. The predicted octanol–water partition coefficient (Wildman–Crippen LogP) is 3.19. The standard InChI is InChI=1S/C13H6ClF2N3O4S/c14-4-1-2-6-5(3-4)8(20)7(12(22)23-6)10(21)17-13-19-18-11(24-13)9(15)16/h1-3,9,20H,(H,17,19,21). The smallest absolute Gasteiger partial charge is 0.353 e. The van der Waals surface area contributed by atoms with Crippen LogP contribution in [0.3, 0.4) is 0 Å². The van der Waals surface area contributed by atoms with Crippen molar-refractivity contribution in [3.8, 4) is 5.75 Å². The van der Waals surface area contributed by atoms with E-state index in [-0.39, 0.29) is 21.1 Å². The fourth-order valence-electron chi connectivity index (χ4n) is 1.89. The molecule has 0 saturated carbocycles. The lowest BCUT2D eigenvalue weighted by Gasteiger charge is -2.06. The van der Waals surface area contributed by atoms with Gasteiger partial charge in [-0.1, -0.05) is 22.9 Å². The molecule has 3 rings (SSSR count). The molecule has 0 aliphatic heterocycles.